The molecule has 82 valence electrons. The standard InChI is InChI=1S/C9H11NO5/c1-10-6(9(13)14-2)3-4-7(10)15-5-8(11)12/h3-4H,5H2,1-2H3,(H,11,12). The largest absolute Gasteiger partial charge is 0.479 e. The predicted molar refractivity (Wildman–Crippen MR) is 49.9 cm³/mol. The molecule has 0 saturated heterocycles. The smallest absolute Gasteiger partial charge is 0.354 e. The third kappa shape index (κ3) is 2.49. The first-order chi connectivity index (χ1) is 7.06. The Morgan fingerprint density at radius 1 is 1.47 bits per heavy atom. The summed E-state index contributed by atoms with van der Waals surface area (Å²) in [6.07, 6.45) is 0. The van der Waals surface area contributed by atoms with Crippen molar-refractivity contribution in [3.8, 4) is 5.88 Å². The van der Waals surface area contributed by atoms with Crippen molar-refractivity contribution < 1.29 is 24.2 Å². The number of rotatable bonds is 4. The zero-order valence-corrected chi connectivity index (χ0v) is 8.39. The Labute approximate surface area is 86.0 Å². The van der Waals surface area contributed by atoms with Gasteiger partial charge in [0.05, 0.1) is 7.11 Å². The molecule has 1 aromatic rings. The van der Waals surface area contributed by atoms with Crippen molar-refractivity contribution in [2.45, 2.75) is 0 Å². The number of methoxy groups -OCH3 is 1. The molecular weight excluding hydrogens is 202 g/mol. The first-order valence-electron chi connectivity index (χ1n) is 4.15. The number of aliphatic carboxylic acids is 1. The fourth-order valence-electron chi connectivity index (χ4n) is 1.08. The molecule has 0 spiro atoms. The van der Waals surface area contributed by atoms with E-state index in [0.29, 0.717) is 11.6 Å². The van der Waals surface area contributed by atoms with Gasteiger partial charge in [-0.05, 0) is 6.07 Å². The number of carboxylic acids is 1. The van der Waals surface area contributed by atoms with Gasteiger partial charge in [-0.15, -0.1) is 0 Å². The predicted octanol–water partition coefficient (Wildman–Crippen LogP) is 0.275. The van der Waals surface area contributed by atoms with E-state index in [-0.39, 0.29) is 0 Å². The van der Waals surface area contributed by atoms with Crippen LogP contribution >= 0.6 is 0 Å². The lowest BCUT2D eigenvalue weighted by molar-refractivity contribution is -0.139. The van der Waals surface area contributed by atoms with Gasteiger partial charge >= 0.3 is 11.9 Å². The molecule has 0 aliphatic heterocycles. The van der Waals surface area contributed by atoms with E-state index < -0.39 is 18.5 Å². The molecule has 0 radical (unpaired) electrons. The van der Waals surface area contributed by atoms with Gasteiger partial charge in [0, 0.05) is 13.1 Å². The summed E-state index contributed by atoms with van der Waals surface area (Å²) in [5.74, 6) is -1.27. The second kappa shape index (κ2) is 4.50. The maximum absolute atomic E-state index is 11.2. The van der Waals surface area contributed by atoms with Crippen molar-refractivity contribution in [2.24, 2.45) is 7.05 Å². The Hall–Kier alpha value is -1.98. The molecule has 0 bridgehead atoms. The summed E-state index contributed by atoms with van der Waals surface area (Å²) in [5.41, 5.74) is 0.304. The summed E-state index contributed by atoms with van der Waals surface area (Å²) >= 11 is 0. The fourth-order valence-corrected chi connectivity index (χ4v) is 1.08. The molecule has 0 aromatic carbocycles. The Balaban J connectivity index is 2.80. The van der Waals surface area contributed by atoms with Crippen LogP contribution in [0.4, 0.5) is 0 Å². The van der Waals surface area contributed by atoms with Gasteiger partial charge in [-0.1, -0.05) is 0 Å². The summed E-state index contributed by atoms with van der Waals surface area (Å²) in [6, 6.07) is 3.01. The molecule has 1 heterocycles. The molecule has 0 aliphatic rings. The molecule has 0 atom stereocenters. The first-order valence-corrected chi connectivity index (χ1v) is 4.15. The Morgan fingerprint density at radius 3 is 2.67 bits per heavy atom. The second-order valence-corrected chi connectivity index (χ2v) is 2.79. The molecule has 0 fully saturated rings. The number of esters is 1. The van der Waals surface area contributed by atoms with Crippen LogP contribution in [0.15, 0.2) is 12.1 Å². The zero-order valence-electron chi connectivity index (χ0n) is 8.39. The summed E-state index contributed by atoms with van der Waals surface area (Å²) in [7, 11) is 2.86. The van der Waals surface area contributed by atoms with Crippen molar-refractivity contribution in [1.29, 1.82) is 0 Å². The van der Waals surface area contributed by atoms with Gasteiger partial charge < -0.3 is 19.1 Å². The maximum atomic E-state index is 11.2. The van der Waals surface area contributed by atoms with Crippen molar-refractivity contribution >= 4 is 11.9 Å². The molecule has 0 saturated carbocycles. The van der Waals surface area contributed by atoms with Gasteiger partial charge in [0.1, 0.15) is 5.69 Å². The van der Waals surface area contributed by atoms with Crippen LogP contribution in [0.25, 0.3) is 0 Å². The Kier molecular flexibility index (Phi) is 3.33. The summed E-state index contributed by atoms with van der Waals surface area (Å²) < 4.78 is 10.9. The van der Waals surface area contributed by atoms with Crippen LogP contribution in [-0.4, -0.2) is 35.3 Å². The summed E-state index contributed by atoms with van der Waals surface area (Å²) in [5, 5.41) is 8.40. The highest BCUT2D eigenvalue weighted by Crippen LogP contribution is 2.15. The number of carboxylic acid groups (broad SMARTS) is 1. The van der Waals surface area contributed by atoms with Crippen LogP contribution in [0.2, 0.25) is 0 Å². The van der Waals surface area contributed by atoms with E-state index in [0.717, 1.165) is 0 Å². The number of hydrogen-bond acceptors (Lipinski definition) is 4. The minimum atomic E-state index is -1.07. The van der Waals surface area contributed by atoms with Crippen molar-refractivity contribution in [2.75, 3.05) is 13.7 Å². The first kappa shape index (κ1) is 11.1. The van der Waals surface area contributed by atoms with Crippen molar-refractivity contribution in [3.05, 3.63) is 17.8 Å². The third-order valence-corrected chi connectivity index (χ3v) is 1.81. The maximum Gasteiger partial charge on any atom is 0.354 e. The van der Waals surface area contributed by atoms with Crippen LogP contribution in [0.3, 0.4) is 0 Å². The molecule has 15 heavy (non-hydrogen) atoms. The number of nitrogens with zero attached hydrogens (tertiary/aromatic N) is 1. The number of carbonyl (C=O) groups is 2. The van der Waals surface area contributed by atoms with Gasteiger partial charge in [-0.2, -0.15) is 0 Å². The molecule has 1 aromatic heterocycles. The van der Waals surface area contributed by atoms with Crippen LogP contribution in [-0.2, 0) is 16.6 Å². The highest BCUT2D eigenvalue weighted by molar-refractivity contribution is 5.88. The molecule has 0 unspecified atom stereocenters. The number of hydrogen-bond donors (Lipinski definition) is 1. The van der Waals surface area contributed by atoms with Gasteiger partial charge in [-0.25, -0.2) is 9.59 Å². The highest BCUT2D eigenvalue weighted by Gasteiger charge is 2.13. The van der Waals surface area contributed by atoms with Crippen LogP contribution in [0.1, 0.15) is 10.5 Å². The minimum absolute atomic E-state index is 0.304. The third-order valence-electron chi connectivity index (χ3n) is 1.81. The van der Waals surface area contributed by atoms with Gasteiger partial charge in [-0.3, -0.25) is 0 Å². The quantitative estimate of drug-likeness (QED) is 0.726. The zero-order chi connectivity index (χ0) is 11.4. The fraction of sp³-hybridized carbons (Fsp3) is 0.333. The lowest BCUT2D eigenvalue weighted by atomic mass is 10.4. The molecule has 1 rings (SSSR count). The monoisotopic (exact) mass is 213 g/mol. The molecule has 6 heteroatoms. The summed E-state index contributed by atoms with van der Waals surface area (Å²) in [4.78, 5) is 21.4. The molecular formula is C9H11NO5. The SMILES string of the molecule is COC(=O)c1ccc(OCC(=O)O)n1C. The number of ether oxygens (including phenoxy) is 2. The normalized spacial score (nSPS) is 9.73. The Bertz CT molecular complexity index is 382. The van der Waals surface area contributed by atoms with E-state index in [1.807, 2.05) is 0 Å². The van der Waals surface area contributed by atoms with Crippen molar-refractivity contribution in [1.82, 2.24) is 4.57 Å². The van der Waals surface area contributed by atoms with Crippen LogP contribution < -0.4 is 4.74 Å². The van der Waals surface area contributed by atoms with E-state index in [2.05, 4.69) is 4.74 Å². The molecule has 0 aliphatic carbocycles. The van der Waals surface area contributed by atoms with Crippen LogP contribution in [0, 0.1) is 0 Å². The van der Waals surface area contributed by atoms with Gasteiger partial charge in [0.2, 0.25) is 0 Å². The number of carbonyl (C=O) groups excluding carboxylic acids is 1. The van der Waals surface area contributed by atoms with Crippen LogP contribution in [0.5, 0.6) is 5.88 Å². The summed E-state index contributed by atoms with van der Waals surface area (Å²) in [6.45, 7) is -0.446. The minimum Gasteiger partial charge on any atom is -0.479 e. The number of aromatic nitrogens is 1. The van der Waals surface area contributed by atoms with E-state index in [1.54, 1.807) is 7.05 Å². The average Bonchev–Trinajstić information content (AvgIpc) is 2.56. The lowest BCUT2D eigenvalue weighted by Gasteiger charge is -2.06. The van der Waals surface area contributed by atoms with E-state index >= 15 is 0 Å². The average molecular weight is 213 g/mol. The van der Waals surface area contributed by atoms with E-state index in [1.165, 1.54) is 23.8 Å². The lowest BCUT2D eigenvalue weighted by Crippen LogP contribution is -2.13. The topological polar surface area (TPSA) is 77.8 Å². The second-order valence-electron chi connectivity index (χ2n) is 2.79. The van der Waals surface area contributed by atoms with E-state index in [9.17, 15) is 9.59 Å². The molecule has 0 amide bonds. The molecule has 6 nitrogen and oxygen atoms in total. The highest BCUT2D eigenvalue weighted by atomic mass is 16.5. The van der Waals surface area contributed by atoms with Gasteiger partial charge in [0.25, 0.3) is 0 Å². The molecule has 1 N–H and O–H groups in total. The van der Waals surface area contributed by atoms with E-state index in [4.69, 9.17) is 9.84 Å². The van der Waals surface area contributed by atoms with Gasteiger partial charge in [0.15, 0.2) is 12.5 Å². The van der Waals surface area contributed by atoms with Crippen molar-refractivity contribution in [3.63, 3.8) is 0 Å². The Morgan fingerprint density at radius 2 is 2.13 bits per heavy atom.